The van der Waals surface area contributed by atoms with Gasteiger partial charge in [-0.3, -0.25) is 14.9 Å². The first kappa shape index (κ1) is 14.7. The van der Waals surface area contributed by atoms with Crippen molar-refractivity contribution < 1.29 is 14.1 Å². The Morgan fingerprint density at radius 2 is 2.00 bits per heavy atom. The van der Waals surface area contributed by atoms with Gasteiger partial charge in [-0.15, -0.1) is 0 Å². The van der Waals surface area contributed by atoms with E-state index in [2.05, 4.69) is 5.32 Å². The van der Waals surface area contributed by atoms with Crippen LogP contribution in [0.5, 0.6) is 0 Å². The highest BCUT2D eigenvalue weighted by molar-refractivity contribution is 6.32. The van der Waals surface area contributed by atoms with Crippen LogP contribution in [0.3, 0.4) is 0 Å². The number of hydrogen-bond donors (Lipinski definition) is 2. The van der Waals surface area contributed by atoms with E-state index in [1.54, 1.807) is 0 Å². The van der Waals surface area contributed by atoms with Gasteiger partial charge in [0.2, 0.25) is 0 Å². The molecule has 0 heterocycles. The molecule has 0 spiro atoms. The van der Waals surface area contributed by atoms with Gasteiger partial charge < -0.3 is 11.1 Å². The van der Waals surface area contributed by atoms with E-state index in [-0.39, 0.29) is 27.6 Å². The summed E-state index contributed by atoms with van der Waals surface area (Å²) >= 11 is 5.67. The van der Waals surface area contributed by atoms with E-state index in [0.717, 1.165) is 18.2 Å². The summed E-state index contributed by atoms with van der Waals surface area (Å²) in [4.78, 5) is 22.1. The predicted molar refractivity (Wildman–Crippen MR) is 76.9 cm³/mol. The summed E-state index contributed by atoms with van der Waals surface area (Å²) in [6, 6.07) is 7.14. The molecule has 1 amide bonds. The number of nitro groups is 1. The molecule has 8 heteroatoms. The first-order valence-electron chi connectivity index (χ1n) is 5.69. The number of amides is 1. The Morgan fingerprint density at radius 3 is 2.67 bits per heavy atom. The molecule has 0 aromatic heterocycles. The molecule has 0 fully saturated rings. The van der Waals surface area contributed by atoms with Crippen LogP contribution in [0.25, 0.3) is 0 Å². The lowest BCUT2D eigenvalue weighted by Crippen LogP contribution is -2.14. The second-order valence-electron chi connectivity index (χ2n) is 4.11. The second-order valence-corrected chi connectivity index (χ2v) is 4.52. The molecule has 0 aliphatic heterocycles. The maximum Gasteiger partial charge on any atom is 0.289 e. The van der Waals surface area contributed by atoms with Gasteiger partial charge in [0, 0.05) is 17.4 Å². The molecule has 2 aromatic carbocycles. The number of carbonyl (C=O) groups excluding carboxylic acids is 1. The van der Waals surface area contributed by atoms with Crippen LogP contribution >= 0.6 is 11.6 Å². The van der Waals surface area contributed by atoms with Crippen molar-refractivity contribution in [3.8, 4) is 0 Å². The Hall–Kier alpha value is -2.67. The molecule has 21 heavy (non-hydrogen) atoms. The lowest BCUT2D eigenvalue weighted by atomic mass is 10.1. The Balaban J connectivity index is 2.29. The minimum atomic E-state index is -0.677. The number of nitro benzene ring substituents is 1. The van der Waals surface area contributed by atoms with Crippen LogP contribution < -0.4 is 11.1 Å². The number of rotatable bonds is 3. The van der Waals surface area contributed by atoms with E-state index in [9.17, 15) is 19.3 Å². The standard InChI is InChI=1S/C13H9ClFN3O3/c14-10-3-2-8(6-12(10)18(20)21)17-13(19)9-5-7(15)1-4-11(9)16/h1-6H,16H2,(H,17,19). The van der Waals surface area contributed by atoms with Crippen LogP contribution in [0.4, 0.5) is 21.5 Å². The Morgan fingerprint density at radius 1 is 1.29 bits per heavy atom. The zero-order valence-corrected chi connectivity index (χ0v) is 11.2. The maximum atomic E-state index is 13.1. The molecular formula is C13H9ClFN3O3. The number of halogens is 2. The number of benzene rings is 2. The highest BCUT2D eigenvalue weighted by Gasteiger charge is 2.16. The van der Waals surface area contributed by atoms with Crippen LogP contribution in [0, 0.1) is 15.9 Å². The van der Waals surface area contributed by atoms with Crippen molar-refractivity contribution >= 4 is 34.6 Å². The van der Waals surface area contributed by atoms with Crippen molar-refractivity contribution in [3.05, 3.63) is 62.9 Å². The lowest BCUT2D eigenvalue weighted by molar-refractivity contribution is -0.384. The van der Waals surface area contributed by atoms with E-state index in [4.69, 9.17) is 17.3 Å². The number of nitrogens with two attached hydrogens (primary N) is 1. The Labute approximate surface area is 123 Å². The summed E-state index contributed by atoms with van der Waals surface area (Å²) in [7, 11) is 0. The predicted octanol–water partition coefficient (Wildman–Crippen LogP) is 3.22. The number of anilines is 2. The molecule has 3 N–H and O–H groups in total. The third kappa shape index (κ3) is 3.26. The van der Waals surface area contributed by atoms with Crippen molar-refractivity contribution in [2.45, 2.75) is 0 Å². The Kier molecular flexibility index (Phi) is 4.04. The average molecular weight is 310 g/mol. The quantitative estimate of drug-likeness (QED) is 0.516. The number of nitrogen functional groups attached to an aromatic ring is 1. The summed E-state index contributed by atoms with van der Waals surface area (Å²) in [5, 5.41) is 13.1. The van der Waals surface area contributed by atoms with E-state index in [0.29, 0.717) is 0 Å². The van der Waals surface area contributed by atoms with E-state index in [1.807, 2.05) is 0 Å². The number of hydrogen-bond acceptors (Lipinski definition) is 4. The van der Waals surface area contributed by atoms with E-state index in [1.165, 1.54) is 18.2 Å². The normalized spacial score (nSPS) is 10.2. The zero-order valence-electron chi connectivity index (χ0n) is 10.5. The van der Waals surface area contributed by atoms with Gasteiger partial charge >= 0.3 is 0 Å². The number of carbonyl (C=O) groups is 1. The first-order chi connectivity index (χ1) is 9.88. The smallest absolute Gasteiger partial charge is 0.289 e. The van der Waals surface area contributed by atoms with Gasteiger partial charge in [-0.05, 0) is 30.3 Å². The molecule has 0 saturated heterocycles. The molecule has 0 bridgehead atoms. The van der Waals surface area contributed by atoms with Crippen molar-refractivity contribution in [1.29, 1.82) is 0 Å². The largest absolute Gasteiger partial charge is 0.398 e. The van der Waals surface area contributed by atoms with Gasteiger partial charge in [0.15, 0.2) is 0 Å². The molecule has 0 aliphatic carbocycles. The number of nitrogens with zero attached hydrogens (tertiary/aromatic N) is 1. The lowest BCUT2D eigenvalue weighted by Gasteiger charge is -2.08. The van der Waals surface area contributed by atoms with Crippen molar-refractivity contribution in [3.63, 3.8) is 0 Å². The van der Waals surface area contributed by atoms with Gasteiger partial charge in [-0.2, -0.15) is 0 Å². The highest BCUT2D eigenvalue weighted by atomic mass is 35.5. The number of nitrogens with one attached hydrogen (secondary N) is 1. The Bertz CT molecular complexity index is 737. The SMILES string of the molecule is Nc1ccc(F)cc1C(=O)Nc1ccc(Cl)c([N+](=O)[O-])c1. The van der Waals surface area contributed by atoms with E-state index < -0.39 is 16.6 Å². The molecule has 2 rings (SSSR count). The minimum Gasteiger partial charge on any atom is -0.398 e. The summed E-state index contributed by atoms with van der Waals surface area (Å²) in [5.74, 6) is -1.29. The van der Waals surface area contributed by atoms with Gasteiger partial charge in [0.25, 0.3) is 11.6 Å². The topological polar surface area (TPSA) is 98.3 Å². The molecule has 108 valence electrons. The molecule has 6 nitrogen and oxygen atoms in total. The van der Waals surface area contributed by atoms with Crippen LogP contribution in [-0.4, -0.2) is 10.8 Å². The second kappa shape index (κ2) is 5.76. The van der Waals surface area contributed by atoms with E-state index >= 15 is 0 Å². The van der Waals surface area contributed by atoms with Gasteiger partial charge in [0.1, 0.15) is 10.8 Å². The first-order valence-corrected chi connectivity index (χ1v) is 6.06. The molecule has 0 atom stereocenters. The van der Waals surface area contributed by atoms with Crippen LogP contribution in [0.15, 0.2) is 36.4 Å². The fourth-order valence-corrected chi connectivity index (χ4v) is 1.84. The van der Waals surface area contributed by atoms with Crippen LogP contribution in [0.1, 0.15) is 10.4 Å². The molecule has 0 aliphatic rings. The molecule has 0 radical (unpaired) electrons. The fraction of sp³-hybridized carbons (Fsp3) is 0. The van der Waals surface area contributed by atoms with Crippen LogP contribution in [0.2, 0.25) is 5.02 Å². The van der Waals surface area contributed by atoms with Crippen molar-refractivity contribution in [2.24, 2.45) is 0 Å². The fourth-order valence-electron chi connectivity index (χ4n) is 1.65. The third-order valence-corrected chi connectivity index (χ3v) is 2.98. The molecular weight excluding hydrogens is 301 g/mol. The van der Waals surface area contributed by atoms with Gasteiger partial charge in [0.05, 0.1) is 10.5 Å². The molecule has 0 saturated carbocycles. The summed E-state index contributed by atoms with van der Waals surface area (Å²) < 4.78 is 13.1. The summed E-state index contributed by atoms with van der Waals surface area (Å²) in [6.45, 7) is 0. The minimum absolute atomic E-state index is 0.0525. The van der Waals surface area contributed by atoms with Crippen LogP contribution in [-0.2, 0) is 0 Å². The monoisotopic (exact) mass is 309 g/mol. The molecule has 0 unspecified atom stereocenters. The highest BCUT2D eigenvalue weighted by Crippen LogP contribution is 2.27. The van der Waals surface area contributed by atoms with Crippen molar-refractivity contribution in [1.82, 2.24) is 0 Å². The zero-order chi connectivity index (χ0) is 15.6. The van der Waals surface area contributed by atoms with Gasteiger partial charge in [-0.1, -0.05) is 11.6 Å². The molecule has 2 aromatic rings. The third-order valence-electron chi connectivity index (χ3n) is 2.66. The maximum absolute atomic E-state index is 13.1. The average Bonchev–Trinajstić information content (AvgIpc) is 2.43. The summed E-state index contributed by atoms with van der Waals surface area (Å²) in [6.07, 6.45) is 0. The van der Waals surface area contributed by atoms with Crippen molar-refractivity contribution in [2.75, 3.05) is 11.1 Å². The van der Waals surface area contributed by atoms with Gasteiger partial charge in [-0.25, -0.2) is 4.39 Å². The summed E-state index contributed by atoms with van der Waals surface area (Å²) in [5.41, 5.74) is 5.43.